The first-order valence-electron chi connectivity index (χ1n) is 7.81. The standard InChI is InChI=1S/C18H21ClN2O4/c1-18(2,3)25-17(23)21-14(12-6-4-7-13(19)10-12)11-20-16(22)15-8-5-9-24-15/h4-10,14H,11H2,1-3H3,(H,20,22)(H,21,23). The minimum atomic E-state index is -0.625. The van der Waals surface area contributed by atoms with Crippen LogP contribution < -0.4 is 10.6 Å². The fourth-order valence-corrected chi connectivity index (χ4v) is 2.31. The summed E-state index contributed by atoms with van der Waals surface area (Å²) < 4.78 is 10.3. The molecule has 0 aliphatic heterocycles. The van der Waals surface area contributed by atoms with Gasteiger partial charge in [0.1, 0.15) is 5.60 Å². The van der Waals surface area contributed by atoms with Crippen LogP contribution in [0.2, 0.25) is 5.02 Å². The van der Waals surface area contributed by atoms with E-state index in [0.29, 0.717) is 5.02 Å². The normalized spacial score (nSPS) is 12.3. The summed E-state index contributed by atoms with van der Waals surface area (Å²) in [5.74, 6) is -0.176. The fraction of sp³-hybridized carbons (Fsp3) is 0.333. The molecule has 25 heavy (non-hydrogen) atoms. The number of carbonyl (C=O) groups is 2. The van der Waals surface area contributed by atoms with Crippen molar-refractivity contribution in [2.24, 2.45) is 0 Å². The largest absolute Gasteiger partial charge is 0.459 e. The molecule has 0 radical (unpaired) electrons. The van der Waals surface area contributed by atoms with E-state index in [0.717, 1.165) is 5.56 Å². The second kappa shape index (κ2) is 8.07. The lowest BCUT2D eigenvalue weighted by molar-refractivity contribution is 0.0500. The van der Waals surface area contributed by atoms with Gasteiger partial charge in [-0.25, -0.2) is 4.79 Å². The third kappa shape index (κ3) is 6.15. The summed E-state index contributed by atoms with van der Waals surface area (Å²) in [6.45, 7) is 5.48. The number of rotatable bonds is 5. The molecule has 2 aromatic rings. The van der Waals surface area contributed by atoms with Crippen LogP contribution in [0, 0.1) is 0 Å². The molecule has 0 fully saturated rings. The second-order valence-electron chi connectivity index (χ2n) is 6.44. The van der Waals surface area contributed by atoms with Crippen molar-refractivity contribution in [2.75, 3.05) is 6.54 Å². The van der Waals surface area contributed by atoms with Crippen LogP contribution in [-0.4, -0.2) is 24.1 Å². The molecule has 0 spiro atoms. The van der Waals surface area contributed by atoms with Crippen LogP contribution in [0.15, 0.2) is 47.1 Å². The highest BCUT2D eigenvalue weighted by atomic mass is 35.5. The van der Waals surface area contributed by atoms with Gasteiger partial charge in [0.05, 0.1) is 12.3 Å². The number of hydrogen-bond donors (Lipinski definition) is 2. The number of amides is 2. The Hall–Kier alpha value is -2.47. The van der Waals surface area contributed by atoms with Gasteiger partial charge in [0.2, 0.25) is 0 Å². The third-order valence-electron chi connectivity index (χ3n) is 3.15. The molecular formula is C18H21ClN2O4. The van der Waals surface area contributed by atoms with Gasteiger partial charge in [0.25, 0.3) is 5.91 Å². The maximum absolute atomic E-state index is 12.1. The molecule has 1 aromatic heterocycles. The summed E-state index contributed by atoms with van der Waals surface area (Å²) in [6.07, 6.45) is 0.840. The Morgan fingerprint density at radius 1 is 1.24 bits per heavy atom. The summed E-state index contributed by atoms with van der Waals surface area (Å²) in [5.41, 5.74) is 0.124. The molecular weight excluding hydrogens is 344 g/mol. The Balaban J connectivity index is 2.09. The minimum absolute atomic E-state index is 0.152. The van der Waals surface area contributed by atoms with Crippen molar-refractivity contribution in [3.05, 3.63) is 59.0 Å². The molecule has 0 aliphatic carbocycles. The van der Waals surface area contributed by atoms with Gasteiger partial charge in [0, 0.05) is 11.6 Å². The Morgan fingerprint density at radius 2 is 2.00 bits per heavy atom. The fourth-order valence-electron chi connectivity index (χ4n) is 2.12. The summed E-state index contributed by atoms with van der Waals surface area (Å²) in [6, 6.07) is 9.72. The number of carbonyl (C=O) groups excluding carboxylic acids is 2. The predicted molar refractivity (Wildman–Crippen MR) is 94.6 cm³/mol. The number of furan rings is 1. The van der Waals surface area contributed by atoms with Crippen molar-refractivity contribution in [1.29, 1.82) is 0 Å². The Kier molecular flexibility index (Phi) is 6.09. The van der Waals surface area contributed by atoms with Gasteiger partial charge in [-0.05, 0) is 50.6 Å². The van der Waals surface area contributed by atoms with E-state index < -0.39 is 17.7 Å². The number of ether oxygens (including phenoxy) is 1. The molecule has 1 heterocycles. The lowest BCUT2D eigenvalue weighted by Crippen LogP contribution is -2.40. The van der Waals surface area contributed by atoms with E-state index in [1.807, 2.05) is 6.07 Å². The van der Waals surface area contributed by atoms with Crippen LogP contribution >= 0.6 is 11.6 Å². The second-order valence-corrected chi connectivity index (χ2v) is 6.88. The van der Waals surface area contributed by atoms with Gasteiger partial charge in [-0.2, -0.15) is 0 Å². The first-order valence-corrected chi connectivity index (χ1v) is 8.19. The molecule has 2 rings (SSSR count). The summed E-state index contributed by atoms with van der Waals surface area (Å²) >= 11 is 6.03. The number of hydrogen-bond acceptors (Lipinski definition) is 4. The third-order valence-corrected chi connectivity index (χ3v) is 3.39. The molecule has 0 saturated heterocycles. The van der Waals surface area contributed by atoms with Crippen LogP contribution in [0.25, 0.3) is 0 Å². The zero-order chi connectivity index (χ0) is 18.4. The van der Waals surface area contributed by atoms with Gasteiger partial charge >= 0.3 is 6.09 Å². The summed E-state index contributed by atoms with van der Waals surface area (Å²) in [4.78, 5) is 24.2. The predicted octanol–water partition coefficient (Wildman–Crippen LogP) is 3.93. The molecule has 0 saturated carbocycles. The molecule has 0 aliphatic rings. The number of nitrogens with one attached hydrogen (secondary N) is 2. The van der Waals surface area contributed by atoms with Crippen LogP contribution in [0.3, 0.4) is 0 Å². The maximum Gasteiger partial charge on any atom is 0.408 e. The average Bonchev–Trinajstić information content (AvgIpc) is 3.03. The van der Waals surface area contributed by atoms with Crippen molar-refractivity contribution in [3.8, 4) is 0 Å². The highest BCUT2D eigenvalue weighted by Gasteiger charge is 2.21. The quantitative estimate of drug-likeness (QED) is 0.842. The van der Waals surface area contributed by atoms with E-state index in [1.54, 1.807) is 51.1 Å². The Labute approximate surface area is 151 Å². The first kappa shape index (κ1) is 18.9. The van der Waals surface area contributed by atoms with Crippen LogP contribution in [-0.2, 0) is 4.74 Å². The van der Waals surface area contributed by atoms with Crippen LogP contribution in [0.4, 0.5) is 4.79 Å². The minimum Gasteiger partial charge on any atom is -0.459 e. The van der Waals surface area contributed by atoms with Crippen molar-refractivity contribution in [3.63, 3.8) is 0 Å². The lowest BCUT2D eigenvalue weighted by atomic mass is 10.1. The summed E-state index contributed by atoms with van der Waals surface area (Å²) in [5, 5.41) is 6.01. The number of alkyl carbamates (subject to hydrolysis) is 1. The van der Waals surface area contributed by atoms with E-state index >= 15 is 0 Å². The van der Waals surface area contributed by atoms with Crippen molar-refractivity contribution in [2.45, 2.75) is 32.4 Å². The molecule has 2 amide bonds. The molecule has 7 heteroatoms. The van der Waals surface area contributed by atoms with Crippen LogP contribution in [0.1, 0.15) is 42.9 Å². The van der Waals surface area contributed by atoms with Gasteiger partial charge in [-0.15, -0.1) is 0 Å². The molecule has 1 unspecified atom stereocenters. The molecule has 1 atom stereocenters. The smallest absolute Gasteiger partial charge is 0.408 e. The van der Waals surface area contributed by atoms with Gasteiger partial charge in [-0.3, -0.25) is 4.79 Å². The highest BCUT2D eigenvalue weighted by Crippen LogP contribution is 2.18. The number of benzene rings is 1. The molecule has 6 nitrogen and oxygen atoms in total. The zero-order valence-electron chi connectivity index (χ0n) is 14.3. The Bertz CT molecular complexity index is 723. The molecule has 2 N–H and O–H groups in total. The van der Waals surface area contributed by atoms with Gasteiger partial charge in [-0.1, -0.05) is 23.7 Å². The topological polar surface area (TPSA) is 80.6 Å². The highest BCUT2D eigenvalue weighted by molar-refractivity contribution is 6.30. The first-order chi connectivity index (χ1) is 11.7. The number of halogens is 1. The average molecular weight is 365 g/mol. The monoisotopic (exact) mass is 364 g/mol. The molecule has 134 valence electrons. The van der Waals surface area contributed by atoms with Gasteiger partial charge in [0.15, 0.2) is 5.76 Å². The molecule has 1 aromatic carbocycles. The maximum atomic E-state index is 12.1. The lowest BCUT2D eigenvalue weighted by Gasteiger charge is -2.24. The van der Waals surface area contributed by atoms with Crippen molar-refractivity contribution >= 4 is 23.6 Å². The summed E-state index contributed by atoms with van der Waals surface area (Å²) in [7, 11) is 0. The van der Waals surface area contributed by atoms with Gasteiger partial charge < -0.3 is 19.8 Å². The van der Waals surface area contributed by atoms with E-state index in [1.165, 1.54) is 6.26 Å². The zero-order valence-corrected chi connectivity index (χ0v) is 15.1. The van der Waals surface area contributed by atoms with E-state index in [9.17, 15) is 9.59 Å². The molecule has 0 bridgehead atoms. The van der Waals surface area contributed by atoms with E-state index in [4.69, 9.17) is 20.8 Å². The Morgan fingerprint density at radius 3 is 2.60 bits per heavy atom. The van der Waals surface area contributed by atoms with E-state index in [2.05, 4.69) is 10.6 Å². The van der Waals surface area contributed by atoms with Crippen LogP contribution in [0.5, 0.6) is 0 Å². The van der Waals surface area contributed by atoms with E-state index in [-0.39, 0.29) is 18.2 Å². The van der Waals surface area contributed by atoms with Crippen molar-refractivity contribution < 1.29 is 18.7 Å². The SMILES string of the molecule is CC(C)(C)OC(=O)NC(CNC(=O)c1ccco1)c1cccc(Cl)c1. The van der Waals surface area contributed by atoms with Crippen molar-refractivity contribution in [1.82, 2.24) is 10.6 Å².